The van der Waals surface area contributed by atoms with Gasteiger partial charge in [0.1, 0.15) is 37.2 Å². The molecule has 2 heterocycles. The lowest BCUT2D eigenvalue weighted by molar-refractivity contribution is -0.322. The first-order valence-corrected chi connectivity index (χ1v) is 26.3. The van der Waals surface area contributed by atoms with Gasteiger partial charge in [0.2, 0.25) is 0 Å². The molecule has 0 amide bonds. The fraction of sp³-hybridized carbons (Fsp3) is 0.180. The second-order valence-electron chi connectivity index (χ2n) is 17.9. The molecule has 9 rings (SSSR count). The van der Waals surface area contributed by atoms with Crippen molar-refractivity contribution in [1.29, 1.82) is 0 Å². The third-order valence-electron chi connectivity index (χ3n) is 12.5. The Labute approximate surface area is 476 Å². The number of carbonyl (C=O) groups is 7. The molecule has 0 saturated carbocycles. The first kappa shape index (κ1) is 56.9. The first-order chi connectivity index (χ1) is 39.4. The van der Waals surface area contributed by atoms with E-state index >= 15 is 0 Å². The predicted octanol–water partition coefficient (Wildman–Crippen LogP) is 9.70. The highest BCUT2D eigenvalue weighted by Crippen LogP contribution is 2.36. The van der Waals surface area contributed by atoms with E-state index in [0.717, 1.165) is 0 Å². The minimum atomic E-state index is -2.04. The van der Waals surface area contributed by atoms with Crippen LogP contribution in [-0.4, -0.2) is 115 Å². The van der Waals surface area contributed by atoms with E-state index < -0.39 is 109 Å². The zero-order valence-electron chi connectivity index (χ0n) is 42.4. The lowest BCUT2D eigenvalue weighted by Crippen LogP contribution is -2.66. The Morgan fingerprint density at radius 2 is 0.741 bits per heavy atom. The highest BCUT2D eigenvalue weighted by Gasteiger charge is 2.57. The molecule has 7 aromatic carbocycles. The molecule has 2 fully saturated rings. The number of hydrogen-bond donors (Lipinski definition) is 0. The van der Waals surface area contributed by atoms with Crippen molar-refractivity contribution in [3.63, 3.8) is 0 Å². The molecule has 0 aromatic heterocycles. The van der Waals surface area contributed by atoms with E-state index in [4.69, 9.17) is 59.1 Å². The maximum Gasteiger partial charge on any atom is 0.365 e. The number of halogens is 2. The van der Waals surface area contributed by atoms with Crippen LogP contribution < -0.4 is 0 Å². The molecule has 20 heteroatoms. The first-order valence-electron chi connectivity index (χ1n) is 25.0. The molecule has 412 valence electrons. The van der Waals surface area contributed by atoms with Crippen molar-refractivity contribution < 1.29 is 81.0 Å². The topological polar surface area (TPSA) is 224 Å². The third kappa shape index (κ3) is 14.7. The summed E-state index contributed by atoms with van der Waals surface area (Å²) in [6, 6.07) is 52.5. The highest BCUT2D eigenvalue weighted by atomic mass is 79.9. The summed E-state index contributed by atoms with van der Waals surface area (Å²) >= 11 is 9.53. The monoisotopic (exact) mass is 1180 g/mol. The summed E-state index contributed by atoms with van der Waals surface area (Å²) in [4.78, 5) is 104. The van der Waals surface area contributed by atoms with Crippen LogP contribution in [-0.2, 0) is 47.5 Å². The van der Waals surface area contributed by atoms with Crippen LogP contribution in [0.4, 0.5) is 0 Å². The molecule has 0 radical (unpaired) electrons. The Bertz CT molecular complexity index is 3330. The second-order valence-corrected chi connectivity index (χ2v) is 19.1. The summed E-state index contributed by atoms with van der Waals surface area (Å²) in [6.45, 7) is -1.39. The Morgan fingerprint density at radius 1 is 0.395 bits per heavy atom. The average molecular weight is 1180 g/mol. The molecule has 9 atom stereocenters. The number of ether oxygens (including phenoxy) is 9. The van der Waals surface area contributed by atoms with Crippen molar-refractivity contribution in [1.82, 2.24) is 0 Å². The molecule has 0 aliphatic carbocycles. The summed E-state index contributed by atoms with van der Waals surface area (Å²) in [5, 5.41) is 3.10. The molecule has 81 heavy (non-hydrogen) atoms. The van der Waals surface area contributed by atoms with Gasteiger partial charge >= 0.3 is 41.8 Å². The van der Waals surface area contributed by atoms with E-state index in [0.29, 0.717) is 5.02 Å². The zero-order valence-corrected chi connectivity index (χ0v) is 44.7. The SMILES string of the molecule is O=C(OC[C@H]1O[C@@H](O[C@H]2[C@H](OC(=O)c3ccccc3)/C(=N\OC(=O)c3ccc(Cl)cc3)[C@@H](Br)O[C@@H]2COC(=O)c2ccccc2)[C@H](OC(=O)c2ccccc2)[C@@H](OC(=O)c2ccccc2)[C@H]1OC(=O)c1ccccc1)c1ccccc1. The number of nitrogens with zero attached hydrogens (tertiary/aromatic N) is 1. The van der Waals surface area contributed by atoms with Crippen LogP contribution in [0.5, 0.6) is 0 Å². The standard InChI is InChI=1S/C61H47BrClNO17/c62-53-47(64-81-60(71)43-31-33-44(63)34-32-43)50(77-57(68)40-25-13-4-14-26-40)48(45(74-53)35-72-54(65)37-19-7-1-8-20-37)80-61-52(79-59(70)42-29-17-6-18-30-42)51(78-58(69)41-27-15-5-16-28-41)49(76-56(67)39-23-11-3-12-24-39)46(75-61)36-73-55(66)38-21-9-2-10-22-38/h1-34,45-46,48-53,61H,35-36H2/b64-47+/t45-,46-,48-,49+,50-,51+,52-,53+,61+/m1/s1. The summed E-state index contributed by atoms with van der Waals surface area (Å²) in [7, 11) is 0. The van der Waals surface area contributed by atoms with E-state index in [-0.39, 0.29) is 44.7 Å². The van der Waals surface area contributed by atoms with Crippen LogP contribution in [0.15, 0.2) is 211 Å². The van der Waals surface area contributed by atoms with Gasteiger partial charge in [0.05, 0.1) is 38.9 Å². The molecule has 0 spiro atoms. The Hall–Kier alpha value is -8.85. The van der Waals surface area contributed by atoms with Gasteiger partial charge in [-0.05, 0) is 97.1 Å². The molecule has 2 aliphatic rings. The number of esters is 6. The minimum absolute atomic E-state index is 0.00144. The summed E-state index contributed by atoms with van der Waals surface area (Å²) in [5.74, 6) is -6.55. The van der Waals surface area contributed by atoms with Crippen LogP contribution in [0.2, 0.25) is 5.02 Å². The number of rotatable bonds is 18. The van der Waals surface area contributed by atoms with Gasteiger partial charge in [-0.1, -0.05) is 142 Å². The fourth-order valence-corrected chi connectivity index (χ4v) is 9.15. The molecule has 2 saturated heterocycles. The number of alkyl halides is 1. The van der Waals surface area contributed by atoms with Crippen molar-refractivity contribution in [3.8, 4) is 0 Å². The minimum Gasteiger partial charge on any atom is -0.459 e. The molecular weight excluding hydrogens is 1130 g/mol. The van der Waals surface area contributed by atoms with Crippen molar-refractivity contribution >= 4 is 75.0 Å². The Morgan fingerprint density at radius 3 is 1.16 bits per heavy atom. The van der Waals surface area contributed by atoms with Crippen LogP contribution in [0.3, 0.4) is 0 Å². The van der Waals surface area contributed by atoms with E-state index in [9.17, 15) is 33.6 Å². The zero-order chi connectivity index (χ0) is 56.7. The molecule has 2 aliphatic heterocycles. The number of hydrogen-bond acceptors (Lipinski definition) is 18. The Balaban J connectivity index is 1.19. The normalized spacial score (nSPS) is 21.8. The van der Waals surface area contributed by atoms with Crippen LogP contribution >= 0.6 is 27.5 Å². The van der Waals surface area contributed by atoms with Gasteiger partial charge in [-0.15, -0.1) is 0 Å². The van der Waals surface area contributed by atoms with Gasteiger partial charge < -0.3 is 47.5 Å². The maximum absolute atomic E-state index is 14.5. The second kappa shape index (κ2) is 27.3. The van der Waals surface area contributed by atoms with Crippen LogP contribution in [0, 0.1) is 0 Å². The molecule has 7 aromatic rings. The highest BCUT2D eigenvalue weighted by molar-refractivity contribution is 9.09. The smallest absolute Gasteiger partial charge is 0.365 e. The Kier molecular flexibility index (Phi) is 19.2. The third-order valence-corrected chi connectivity index (χ3v) is 13.4. The molecule has 0 bridgehead atoms. The van der Waals surface area contributed by atoms with Gasteiger partial charge in [0.15, 0.2) is 35.7 Å². The van der Waals surface area contributed by atoms with Gasteiger partial charge in [-0.3, -0.25) is 0 Å². The molecular formula is C61H47BrClNO17. The molecule has 0 unspecified atom stereocenters. The number of oxime groups is 1. The summed E-state index contributed by atoms with van der Waals surface area (Å²) in [5.41, 5.74) is 0.0788. The van der Waals surface area contributed by atoms with Crippen LogP contribution in [0.25, 0.3) is 0 Å². The largest absolute Gasteiger partial charge is 0.459 e. The summed E-state index contributed by atoms with van der Waals surface area (Å²) in [6.07, 6.45) is -14.5. The van der Waals surface area contributed by atoms with Gasteiger partial charge in [-0.25, -0.2) is 33.6 Å². The van der Waals surface area contributed by atoms with Gasteiger partial charge in [-0.2, -0.15) is 0 Å². The quantitative estimate of drug-likeness (QED) is 0.0256. The predicted molar refractivity (Wildman–Crippen MR) is 291 cm³/mol. The van der Waals surface area contributed by atoms with Gasteiger partial charge in [0, 0.05) is 5.02 Å². The lowest BCUT2D eigenvalue weighted by Gasteiger charge is -2.47. The maximum atomic E-state index is 14.5. The van der Waals surface area contributed by atoms with Crippen molar-refractivity contribution in [2.75, 3.05) is 13.2 Å². The van der Waals surface area contributed by atoms with E-state index in [1.165, 1.54) is 97.1 Å². The van der Waals surface area contributed by atoms with Crippen molar-refractivity contribution in [2.45, 2.75) is 54.0 Å². The van der Waals surface area contributed by atoms with Gasteiger partial charge in [0.25, 0.3) is 0 Å². The van der Waals surface area contributed by atoms with E-state index in [1.54, 1.807) is 109 Å². The fourth-order valence-electron chi connectivity index (χ4n) is 8.40. The van der Waals surface area contributed by atoms with E-state index in [2.05, 4.69) is 21.1 Å². The lowest BCUT2D eigenvalue weighted by atomic mass is 9.96. The average Bonchev–Trinajstić information content (AvgIpc) is 3.51. The van der Waals surface area contributed by atoms with E-state index in [1.807, 2.05) is 0 Å². The van der Waals surface area contributed by atoms with Crippen molar-refractivity contribution in [3.05, 3.63) is 250 Å². The van der Waals surface area contributed by atoms with Crippen molar-refractivity contribution in [2.24, 2.45) is 5.16 Å². The number of carbonyl (C=O) groups excluding carboxylic acids is 7. The molecule has 18 nitrogen and oxygen atoms in total. The number of benzene rings is 7. The van der Waals surface area contributed by atoms with Crippen LogP contribution in [0.1, 0.15) is 72.5 Å². The molecule has 0 N–H and O–H groups in total. The summed E-state index contributed by atoms with van der Waals surface area (Å²) < 4.78 is 56.7.